The van der Waals surface area contributed by atoms with E-state index in [4.69, 9.17) is 27.9 Å². The SMILES string of the molecule is CS(=O)(=O)CC(=O)N1CC[C@@]2(S(=O)(=O)c3ccccc3)c3ccc(OCc4c(Cl)cccc4Cl)cc3CC[C@@H]12. The van der Waals surface area contributed by atoms with Crippen molar-refractivity contribution in [2.24, 2.45) is 0 Å². The van der Waals surface area contributed by atoms with Crippen molar-refractivity contribution in [1.29, 1.82) is 0 Å². The molecule has 7 nitrogen and oxygen atoms in total. The smallest absolute Gasteiger partial charge is 0.238 e. The first kappa shape index (κ1) is 28.0. The van der Waals surface area contributed by atoms with E-state index in [1.165, 1.54) is 4.90 Å². The molecule has 0 unspecified atom stereocenters. The Morgan fingerprint density at radius 3 is 2.36 bits per heavy atom. The fourth-order valence-corrected chi connectivity index (χ4v) is 9.34. The molecule has 3 aromatic rings. The Morgan fingerprint density at radius 1 is 1.00 bits per heavy atom. The van der Waals surface area contributed by atoms with Gasteiger partial charge in [-0.15, -0.1) is 0 Å². The van der Waals surface area contributed by atoms with Crippen LogP contribution in [0.25, 0.3) is 0 Å². The lowest BCUT2D eigenvalue weighted by molar-refractivity contribution is -0.129. The van der Waals surface area contributed by atoms with Gasteiger partial charge in [0.25, 0.3) is 0 Å². The number of hydrogen-bond acceptors (Lipinski definition) is 6. The number of aryl methyl sites for hydroxylation is 1. The average molecular weight is 609 g/mol. The van der Waals surface area contributed by atoms with Gasteiger partial charge in [0.15, 0.2) is 19.7 Å². The number of amides is 1. The van der Waals surface area contributed by atoms with Crippen LogP contribution in [0.15, 0.2) is 71.6 Å². The molecule has 3 aromatic carbocycles. The molecule has 1 fully saturated rings. The number of carbonyl (C=O) groups excluding carboxylic acids is 1. The first-order valence-electron chi connectivity index (χ1n) is 12.4. The number of rotatable bonds is 7. The molecular formula is C28H27Cl2NO6S2. The molecule has 1 aliphatic heterocycles. The predicted octanol–water partition coefficient (Wildman–Crippen LogP) is 4.83. The number of hydrogen-bond donors (Lipinski definition) is 0. The molecule has 0 radical (unpaired) electrons. The summed E-state index contributed by atoms with van der Waals surface area (Å²) in [4.78, 5) is 14.7. The summed E-state index contributed by atoms with van der Waals surface area (Å²) in [5, 5.41) is 0.974. The van der Waals surface area contributed by atoms with Gasteiger partial charge in [-0.25, -0.2) is 16.8 Å². The van der Waals surface area contributed by atoms with Crippen molar-refractivity contribution < 1.29 is 26.4 Å². The fourth-order valence-electron chi connectivity index (χ4n) is 5.84. The standard InChI is InChI=1S/C28H27Cl2NO6S2/c1-38(33,34)18-27(32)31-15-14-28(39(35,36)21-6-3-2-4-7-21)23-12-11-20(16-19(23)10-13-26(28)31)37-17-22-24(29)8-5-9-25(22)30/h2-9,11-12,16,26H,10,13-15,17-18H2,1H3/t26-,28-/m1/s1. The van der Waals surface area contributed by atoms with E-state index in [-0.39, 0.29) is 24.5 Å². The summed E-state index contributed by atoms with van der Waals surface area (Å²) in [7, 11) is -7.57. The zero-order valence-electron chi connectivity index (χ0n) is 21.1. The number of sulfone groups is 2. The van der Waals surface area contributed by atoms with Gasteiger partial charge in [0.2, 0.25) is 5.91 Å². The van der Waals surface area contributed by atoms with E-state index in [2.05, 4.69) is 0 Å². The molecule has 0 N–H and O–H groups in total. The molecule has 2 atom stereocenters. The number of carbonyl (C=O) groups is 1. The second-order valence-corrected chi connectivity index (χ2v) is 15.1. The van der Waals surface area contributed by atoms with E-state index >= 15 is 0 Å². The molecule has 0 aromatic heterocycles. The monoisotopic (exact) mass is 607 g/mol. The molecule has 11 heteroatoms. The van der Waals surface area contributed by atoms with Crippen LogP contribution in [0.5, 0.6) is 5.75 Å². The van der Waals surface area contributed by atoms with Gasteiger partial charge >= 0.3 is 0 Å². The summed E-state index contributed by atoms with van der Waals surface area (Å²) in [6.07, 6.45) is 2.03. The number of nitrogens with zero attached hydrogens (tertiary/aromatic N) is 1. The number of ether oxygens (including phenoxy) is 1. The van der Waals surface area contributed by atoms with Crippen LogP contribution in [0, 0.1) is 0 Å². The van der Waals surface area contributed by atoms with Gasteiger partial charge in [0.05, 0.1) is 10.9 Å². The molecule has 206 valence electrons. The number of likely N-dealkylation sites (tertiary alicyclic amines) is 1. The van der Waals surface area contributed by atoms with Crippen LogP contribution in [0.4, 0.5) is 0 Å². The highest BCUT2D eigenvalue weighted by atomic mass is 35.5. The molecule has 2 aliphatic rings. The Hall–Kier alpha value is -2.59. The molecule has 0 bridgehead atoms. The Bertz CT molecular complexity index is 1620. The maximum atomic E-state index is 14.4. The fraction of sp³-hybridized carbons (Fsp3) is 0.321. The van der Waals surface area contributed by atoms with Crippen molar-refractivity contribution in [2.75, 3.05) is 18.6 Å². The number of halogens is 2. The van der Waals surface area contributed by atoms with Crippen LogP contribution in [0.1, 0.15) is 29.5 Å². The molecule has 1 amide bonds. The van der Waals surface area contributed by atoms with Crippen LogP contribution in [-0.4, -0.2) is 52.2 Å². The highest BCUT2D eigenvalue weighted by Crippen LogP contribution is 2.53. The Kier molecular flexibility index (Phi) is 7.47. The van der Waals surface area contributed by atoms with Crippen LogP contribution < -0.4 is 4.74 Å². The van der Waals surface area contributed by atoms with Crippen molar-refractivity contribution in [3.05, 3.63) is 93.5 Å². The first-order valence-corrected chi connectivity index (χ1v) is 16.7. The van der Waals surface area contributed by atoms with E-state index in [0.29, 0.717) is 39.8 Å². The lowest BCUT2D eigenvalue weighted by Gasteiger charge is -2.42. The summed E-state index contributed by atoms with van der Waals surface area (Å²) < 4.78 is 57.1. The molecule has 1 saturated heterocycles. The lowest BCUT2D eigenvalue weighted by Crippen LogP contribution is -2.52. The van der Waals surface area contributed by atoms with E-state index in [1.807, 2.05) is 6.07 Å². The van der Waals surface area contributed by atoms with E-state index in [9.17, 15) is 21.6 Å². The third-order valence-corrected chi connectivity index (χ3v) is 11.6. The number of benzene rings is 3. The highest BCUT2D eigenvalue weighted by Gasteiger charge is 2.60. The van der Waals surface area contributed by atoms with Crippen LogP contribution in [0.3, 0.4) is 0 Å². The third kappa shape index (κ3) is 5.06. The van der Waals surface area contributed by atoms with Gasteiger partial charge < -0.3 is 9.64 Å². The Morgan fingerprint density at radius 2 is 1.69 bits per heavy atom. The second kappa shape index (κ2) is 10.4. The minimum absolute atomic E-state index is 0.140. The first-order chi connectivity index (χ1) is 18.4. The van der Waals surface area contributed by atoms with E-state index < -0.39 is 42.1 Å². The molecule has 5 rings (SSSR count). The van der Waals surface area contributed by atoms with Gasteiger partial charge in [-0.05, 0) is 66.8 Å². The zero-order chi connectivity index (χ0) is 28.0. The van der Waals surface area contributed by atoms with E-state index in [1.54, 1.807) is 60.7 Å². The topological polar surface area (TPSA) is 97.8 Å². The van der Waals surface area contributed by atoms with Gasteiger partial charge in [-0.1, -0.05) is 53.5 Å². The normalized spacial score (nSPS) is 20.8. The van der Waals surface area contributed by atoms with Crippen LogP contribution in [-0.2, 0) is 42.2 Å². The van der Waals surface area contributed by atoms with Crippen molar-refractivity contribution in [1.82, 2.24) is 4.90 Å². The number of fused-ring (bicyclic) bond motifs is 3. The molecule has 0 saturated carbocycles. The van der Waals surface area contributed by atoms with Crippen molar-refractivity contribution in [3.63, 3.8) is 0 Å². The van der Waals surface area contributed by atoms with Gasteiger partial charge in [0.1, 0.15) is 22.9 Å². The van der Waals surface area contributed by atoms with Gasteiger partial charge in [-0.3, -0.25) is 4.79 Å². The maximum Gasteiger partial charge on any atom is 0.238 e. The Labute approximate surface area is 238 Å². The molecule has 0 spiro atoms. The molecule has 1 heterocycles. The van der Waals surface area contributed by atoms with Crippen molar-refractivity contribution in [2.45, 2.75) is 41.6 Å². The van der Waals surface area contributed by atoms with E-state index in [0.717, 1.165) is 11.8 Å². The zero-order valence-corrected chi connectivity index (χ0v) is 24.3. The summed E-state index contributed by atoms with van der Waals surface area (Å²) >= 11 is 12.6. The predicted molar refractivity (Wildman–Crippen MR) is 151 cm³/mol. The molecular weight excluding hydrogens is 581 g/mol. The van der Waals surface area contributed by atoms with Gasteiger partial charge in [0, 0.05) is 28.4 Å². The van der Waals surface area contributed by atoms with Crippen molar-refractivity contribution >= 4 is 48.8 Å². The largest absolute Gasteiger partial charge is 0.489 e. The summed E-state index contributed by atoms with van der Waals surface area (Å²) in [6.45, 7) is 0.287. The second-order valence-electron chi connectivity index (χ2n) is 9.98. The lowest BCUT2D eigenvalue weighted by atomic mass is 9.78. The summed E-state index contributed by atoms with van der Waals surface area (Å²) in [5.41, 5.74) is 2.07. The Balaban J connectivity index is 1.56. The quantitative estimate of drug-likeness (QED) is 0.381. The molecule has 39 heavy (non-hydrogen) atoms. The van der Waals surface area contributed by atoms with Crippen LogP contribution >= 0.6 is 23.2 Å². The molecule has 1 aliphatic carbocycles. The van der Waals surface area contributed by atoms with Gasteiger partial charge in [-0.2, -0.15) is 0 Å². The minimum atomic E-state index is -3.98. The summed E-state index contributed by atoms with van der Waals surface area (Å²) in [6, 6.07) is 18.0. The van der Waals surface area contributed by atoms with Crippen LogP contribution in [0.2, 0.25) is 10.0 Å². The third-order valence-electron chi connectivity index (χ3n) is 7.54. The maximum absolute atomic E-state index is 14.4. The minimum Gasteiger partial charge on any atom is -0.489 e. The summed E-state index contributed by atoms with van der Waals surface area (Å²) in [5.74, 6) is -0.694. The van der Waals surface area contributed by atoms with Crippen molar-refractivity contribution in [3.8, 4) is 5.75 Å². The average Bonchev–Trinajstić information content (AvgIpc) is 3.30. The highest BCUT2D eigenvalue weighted by molar-refractivity contribution is 7.92.